The van der Waals surface area contributed by atoms with Crippen molar-refractivity contribution in [3.05, 3.63) is 28.8 Å². The Bertz CT molecular complexity index is 558. The zero-order chi connectivity index (χ0) is 16.0. The average Bonchev–Trinajstić information content (AvgIpc) is 2.40. The molecule has 1 atom stereocenters. The van der Waals surface area contributed by atoms with Crippen LogP contribution in [0.3, 0.4) is 0 Å². The highest BCUT2D eigenvalue weighted by Gasteiger charge is 2.16. The van der Waals surface area contributed by atoms with Crippen LogP contribution in [0.5, 0.6) is 5.75 Å². The minimum Gasteiger partial charge on any atom is -0.491 e. The number of rotatable bonds is 8. The van der Waals surface area contributed by atoms with E-state index in [2.05, 4.69) is 12.2 Å². The van der Waals surface area contributed by atoms with Gasteiger partial charge in [-0.25, -0.2) is 8.42 Å². The summed E-state index contributed by atoms with van der Waals surface area (Å²) in [5.74, 6) is 0.513. The molecule has 0 radical (unpaired) electrons. The Labute approximate surface area is 132 Å². The lowest BCUT2D eigenvalue weighted by Crippen LogP contribution is -2.22. The average molecular weight is 334 g/mol. The second-order valence-corrected chi connectivity index (χ2v) is 8.32. The van der Waals surface area contributed by atoms with Gasteiger partial charge in [0, 0.05) is 6.04 Å². The highest BCUT2D eigenvalue weighted by molar-refractivity contribution is 7.91. The van der Waals surface area contributed by atoms with Crippen LogP contribution in [0.15, 0.2) is 18.2 Å². The van der Waals surface area contributed by atoms with Crippen LogP contribution in [0.4, 0.5) is 0 Å². The molecule has 0 bridgehead atoms. The molecule has 0 saturated carbocycles. The molecule has 0 aliphatic rings. The van der Waals surface area contributed by atoms with Crippen LogP contribution in [0.25, 0.3) is 0 Å². The highest BCUT2D eigenvalue weighted by Crippen LogP contribution is 2.28. The maximum absolute atomic E-state index is 11.7. The lowest BCUT2D eigenvalue weighted by Gasteiger charge is -2.15. The minimum atomic E-state index is -3.09. The molecule has 4 nitrogen and oxygen atoms in total. The van der Waals surface area contributed by atoms with E-state index in [0.29, 0.717) is 10.8 Å². The SMILES string of the molecule is CCNC(C)c1ccc(OCCS(=O)(=O)C(C)C)c(Cl)c1. The molecular weight excluding hydrogens is 310 g/mol. The first-order valence-corrected chi connectivity index (χ1v) is 9.24. The summed E-state index contributed by atoms with van der Waals surface area (Å²) >= 11 is 6.18. The van der Waals surface area contributed by atoms with Crippen LogP contribution in [-0.2, 0) is 9.84 Å². The van der Waals surface area contributed by atoms with Crippen molar-refractivity contribution in [1.82, 2.24) is 5.32 Å². The van der Waals surface area contributed by atoms with Crippen molar-refractivity contribution in [2.24, 2.45) is 0 Å². The summed E-state index contributed by atoms with van der Waals surface area (Å²) in [5, 5.41) is 3.42. The van der Waals surface area contributed by atoms with E-state index < -0.39 is 9.84 Å². The maximum Gasteiger partial charge on any atom is 0.155 e. The van der Waals surface area contributed by atoms with E-state index in [1.165, 1.54) is 0 Å². The third kappa shape index (κ3) is 5.49. The molecule has 120 valence electrons. The zero-order valence-electron chi connectivity index (χ0n) is 13.0. The topological polar surface area (TPSA) is 55.4 Å². The molecular formula is C15H24ClNO3S. The van der Waals surface area contributed by atoms with E-state index >= 15 is 0 Å². The molecule has 0 aromatic heterocycles. The second-order valence-electron chi connectivity index (χ2n) is 5.23. The maximum atomic E-state index is 11.7. The summed E-state index contributed by atoms with van der Waals surface area (Å²) in [4.78, 5) is 0. The molecule has 21 heavy (non-hydrogen) atoms. The number of hydrogen-bond acceptors (Lipinski definition) is 4. The number of hydrogen-bond donors (Lipinski definition) is 1. The van der Waals surface area contributed by atoms with Gasteiger partial charge < -0.3 is 10.1 Å². The Hall–Kier alpha value is -0.780. The summed E-state index contributed by atoms with van der Waals surface area (Å²) in [7, 11) is -3.09. The largest absolute Gasteiger partial charge is 0.491 e. The van der Waals surface area contributed by atoms with Crippen molar-refractivity contribution in [2.75, 3.05) is 18.9 Å². The predicted molar refractivity (Wildman–Crippen MR) is 88.0 cm³/mol. The first-order chi connectivity index (χ1) is 9.77. The number of halogens is 1. The van der Waals surface area contributed by atoms with Crippen molar-refractivity contribution in [1.29, 1.82) is 0 Å². The molecule has 0 aliphatic heterocycles. The smallest absolute Gasteiger partial charge is 0.155 e. The predicted octanol–water partition coefficient (Wildman–Crippen LogP) is 3.21. The Morgan fingerprint density at radius 3 is 2.48 bits per heavy atom. The summed E-state index contributed by atoms with van der Waals surface area (Å²) in [6.07, 6.45) is 0. The highest BCUT2D eigenvalue weighted by atomic mass is 35.5. The lowest BCUT2D eigenvalue weighted by molar-refractivity contribution is 0.340. The van der Waals surface area contributed by atoms with Crippen molar-refractivity contribution in [3.63, 3.8) is 0 Å². The molecule has 1 unspecified atom stereocenters. The normalized spacial score (nSPS) is 13.4. The van der Waals surface area contributed by atoms with Crippen molar-refractivity contribution >= 4 is 21.4 Å². The van der Waals surface area contributed by atoms with Gasteiger partial charge in [0.1, 0.15) is 12.4 Å². The fraction of sp³-hybridized carbons (Fsp3) is 0.600. The van der Waals surface area contributed by atoms with Gasteiger partial charge in [-0.3, -0.25) is 0 Å². The fourth-order valence-electron chi connectivity index (χ4n) is 1.83. The van der Waals surface area contributed by atoms with Gasteiger partial charge in [0.15, 0.2) is 9.84 Å². The Balaban J connectivity index is 2.65. The molecule has 0 saturated heterocycles. The third-order valence-electron chi connectivity index (χ3n) is 3.31. The summed E-state index contributed by atoms with van der Waals surface area (Å²) in [5.41, 5.74) is 1.07. The minimum absolute atomic E-state index is 0.00343. The van der Waals surface area contributed by atoms with Crippen molar-refractivity contribution < 1.29 is 13.2 Å². The van der Waals surface area contributed by atoms with Crippen LogP contribution in [-0.4, -0.2) is 32.6 Å². The molecule has 0 heterocycles. The molecule has 1 rings (SSSR count). The first kappa shape index (κ1) is 18.3. The molecule has 6 heteroatoms. The molecule has 1 N–H and O–H groups in total. The van der Waals surface area contributed by atoms with E-state index in [9.17, 15) is 8.42 Å². The molecule has 0 spiro atoms. The van der Waals surface area contributed by atoms with Gasteiger partial charge in [-0.15, -0.1) is 0 Å². The molecule has 0 fully saturated rings. The fourth-order valence-corrected chi connectivity index (χ4v) is 2.86. The van der Waals surface area contributed by atoms with E-state index in [1.54, 1.807) is 19.9 Å². The van der Waals surface area contributed by atoms with Crippen LogP contribution in [0.2, 0.25) is 5.02 Å². The second kappa shape index (κ2) is 8.01. The van der Waals surface area contributed by atoms with Gasteiger partial charge in [0.05, 0.1) is 16.0 Å². The lowest BCUT2D eigenvalue weighted by atomic mass is 10.1. The number of benzene rings is 1. The zero-order valence-corrected chi connectivity index (χ0v) is 14.6. The van der Waals surface area contributed by atoms with Crippen LogP contribution >= 0.6 is 11.6 Å². The standard InChI is InChI=1S/C15H24ClNO3S/c1-5-17-12(4)13-6-7-15(14(16)10-13)20-8-9-21(18,19)11(2)3/h6-7,10-12,17H,5,8-9H2,1-4H3. The van der Waals surface area contributed by atoms with Gasteiger partial charge in [-0.1, -0.05) is 24.6 Å². The van der Waals surface area contributed by atoms with Crippen LogP contribution < -0.4 is 10.1 Å². The molecule has 0 amide bonds. The molecule has 1 aromatic carbocycles. The van der Waals surface area contributed by atoms with Crippen molar-refractivity contribution in [3.8, 4) is 5.75 Å². The Kier molecular flexibility index (Phi) is 6.97. The monoisotopic (exact) mass is 333 g/mol. The van der Waals surface area contributed by atoms with Crippen LogP contribution in [0, 0.1) is 0 Å². The van der Waals surface area contributed by atoms with Gasteiger partial charge in [-0.05, 0) is 45.0 Å². The summed E-state index contributed by atoms with van der Waals surface area (Å²) < 4.78 is 28.9. The number of ether oxygens (including phenoxy) is 1. The van der Waals surface area contributed by atoms with E-state index in [0.717, 1.165) is 12.1 Å². The first-order valence-electron chi connectivity index (χ1n) is 7.15. The van der Waals surface area contributed by atoms with E-state index in [1.807, 2.05) is 19.1 Å². The van der Waals surface area contributed by atoms with Gasteiger partial charge >= 0.3 is 0 Å². The van der Waals surface area contributed by atoms with Gasteiger partial charge in [0.2, 0.25) is 0 Å². The summed E-state index contributed by atoms with van der Waals surface area (Å²) in [6, 6.07) is 5.78. The van der Waals surface area contributed by atoms with E-state index in [4.69, 9.17) is 16.3 Å². The van der Waals surface area contributed by atoms with Crippen molar-refractivity contribution in [2.45, 2.75) is 39.0 Å². The molecule has 1 aromatic rings. The van der Waals surface area contributed by atoms with Crippen LogP contribution in [0.1, 0.15) is 39.3 Å². The Morgan fingerprint density at radius 2 is 1.95 bits per heavy atom. The van der Waals surface area contributed by atoms with Gasteiger partial charge in [0.25, 0.3) is 0 Å². The van der Waals surface area contributed by atoms with Gasteiger partial charge in [-0.2, -0.15) is 0 Å². The number of nitrogens with one attached hydrogen (secondary N) is 1. The third-order valence-corrected chi connectivity index (χ3v) is 5.78. The molecule has 0 aliphatic carbocycles. The quantitative estimate of drug-likeness (QED) is 0.793. The number of sulfone groups is 1. The summed E-state index contributed by atoms with van der Waals surface area (Å²) in [6.45, 7) is 8.43. The van der Waals surface area contributed by atoms with E-state index in [-0.39, 0.29) is 23.7 Å². The Morgan fingerprint density at radius 1 is 1.29 bits per heavy atom.